The number of nitrogens with two attached hydrogens (primary N) is 1. The van der Waals surface area contributed by atoms with Gasteiger partial charge in [-0.2, -0.15) is 0 Å². The van der Waals surface area contributed by atoms with Crippen LogP contribution in [0.1, 0.15) is 20.3 Å². The molecule has 3 amide bonds. The number of rotatable bonds is 4. The Morgan fingerprint density at radius 2 is 2.00 bits per heavy atom. The summed E-state index contributed by atoms with van der Waals surface area (Å²) in [6.07, 6.45) is 0.807. The molecular formula is C11H21N3O3. The minimum atomic E-state index is -0.656. The van der Waals surface area contributed by atoms with E-state index < -0.39 is 12.1 Å². The molecule has 6 heteroatoms. The Morgan fingerprint density at radius 3 is 2.47 bits per heavy atom. The molecular weight excluding hydrogens is 222 g/mol. The van der Waals surface area contributed by atoms with Crippen LogP contribution >= 0.6 is 0 Å². The number of hydrogen-bond donors (Lipinski definition) is 2. The zero-order chi connectivity index (χ0) is 12.8. The van der Waals surface area contributed by atoms with Crippen LogP contribution < -0.4 is 11.1 Å². The normalized spacial score (nSPS) is 19.5. The summed E-state index contributed by atoms with van der Waals surface area (Å²) in [5.41, 5.74) is 5.11. The van der Waals surface area contributed by atoms with Crippen LogP contribution in [-0.4, -0.2) is 49.2 Å². The second-order valence-corrected chi connectivity index (χ2v) is 4.31. The van der Waals surface area contributed by atoms with Crippen molar-refractivity contribution in [1.82, 2.24) is 10.2 Å². The van der Waals surface area contributed by atoms with Gasteiger partial charge in [0.25, 0.3) is 0 Å². The molecule has 1 fully saturated rings. The summed E-state index contributed by atoms with van der Waals surface area (Å²) < 4.78 is 5.19. The molecule has 1 rings (SSSR count). The monoisotopic (exact) mass is 243 g/mol. The lowest BCUT2D eigenvalue weighted by atomic mass is 9.98. The SMILES string of the molecule is CC[C@H](C)[C@H](NC(N)=O)C(=O)N1CCOCC1. The average Bonchev–Trinajstić information content (AvgIpc) is 2.35. The molecule has 0 aromatic rings. The first-order chi connectivity index (χ1) is 8.06. The van der Waals surface area contributed by atoms with E-state index in [-0.39, 0.29) is 11.8 Å². The number of amides is 3. The number of urea groups is 1. The van der Waals surface area contributed by atoms with Crippen molar-refractivity contribution in [3.63, 3.8) is 0 Å². The predicted molar refractivity (Wildman–Crippen MR) is 63.4 cm³/mol. The highest BCUT2D eigenvalue weighted by molar-refractivity contribution is 5.86. The second kappa shape index (κ2) is 6.44. The number of carbonyl (C=O) groups is 2. The molecule has 0 unspecified atom stereocenters. The largest absolute Gasteiger partial charge is 0.378 e. The van der Waals surface area contributed by atoms with Gasteiger partial charge in [0.15, 0.2) is 0 Å². The van der Waals surface area contributed by atoms with Gasteiger partial charge in [-0.25, -0.2) is 4.79 Å². The molecule has 0 spiro atoms. The number of morpholine rings is 1. The van der Waals surface area contributed by atoms with Crippen molar-refractivity contribution < 1.29 is 14.3 Å². The van der Waals surface area contributed by atoms with Gasteiger partial charge in [0.1, 0.15) is 6.04 Å². The van der Waals surface area contributed by atoms with Gasteiger partial charge in [0.2, 0.25) is 5.91 Å². The second-order valence-electron chi connectivity index (χ2n) is 4.31. The molecule has 17 heavy (non-hydrogen) atoms. The third-order valence-electron chi connectivity index (χ3n) is 3.10. The maximum absolute atomic E-state index is 12.2. The molecule has 6 nitrogen and oxygen atoms in total. The molecule has 1 saturated heterocycles. The van der Waals surface area contributed by atoms with Gasteiger partial charge in [0, 0.05) is 13.1 Å². The number of nitrogens with one attached hydrogen (secondary N) is 1. The van der Waals surface area contributed by atoms with E-state index in [9.17, 15) is 9.59 Å². The zero-order valence-corrected chi connectivity index (χ0v) is 10.4. The molecule has 1 aliphatic heterocycles. The fourth-order valence-electron chi connectivity index (χ4n) is 1.82. The third kappa shape index (κ3) is 3.89. The van der Waals surface area contributed by atoms with Gasteiger partial charge in [-0.15, -0.1) is 0 Å². The van der Waals surface area contributed by atoms with E-state index in [1.807, 2.05) is 13.8 Å². The molecule has 2 atom stereocenters. The van der Waals surface area contributed by atoms with Crippen molar-refractivity contribution in [3.05, 3.63) is 0 Å². The summed E-state index contributed by atoms with van der Waals surface area (Å²) in [4.78, 5) is 24.9. The first-order valence-corrected chi connectivity index (χ1v) is 5.98. The minimum absolute atomic E-state index is 0.0674. The standard InChI is InChI=1S/C11H21N3O3/c1-3-8(2)9(13-11(12)16)10(15)14-4-6-17-7-5-14/h8-9H,3-7H2,1-2H3,(H3,12,13,16)/t8-,9-/m0/s1. The van der Waals surface area contributed by atoms with Crippen molar-refractivity contribution in [2.45, 2.75) is 26.3 Å². The lowest BCUT2D eigenvalue weighted by Crippen LogP contribution is -2.55. The molecule has 0 aromatic carbocycles. The van der Waals surface area contributed by atoms with Crippen LogP contribution in [0.25, 0.3) is 0 Å². The Balaban J connectivity index is 2.66. The van der Waals surface area contributed by atoms with E-state index in [0.29, 0.717) is 26.3 Å². The predicted octanol–water partition coefficient (Wildman–Crippen LogP) is -0.0718. The van der Waals surface area contributed by atoms with Crippen molar-refractivity contribution in [2.75, 3.05) is 26.3 Å². The fourth-order valence-corrected chi connectivity index (χ4v) is 1.82. The lowest BCUT2D eigenvalue weighted by molar-refractivity contribution is -0.138. The molecule has 1 aliphatic rings. The van der Waals surface area contributed by atoms with E-state index in [1.165, 1.54) is 0 Å². The highest BCUT2D eigenvalue weighted by Gasteiger charge is 2.30. The Hall–Kier alpha value is -1.30. The molecule has 0 bridgehead atoms. The number of hydrogen-bond acceptors (Lipinski definition) is 3. The van der Waals surface area contributed by atoms with E-state index >= 15 is 0 Å². The van der Waals surface area contributed by atoms with Gasteiger partial charge in [-0.3, -0.25) is 4.79 Å². The Kier molecular flexibility index (Phi) is 5.21. The van der Waals surface area contributed by atoms with E-state index in [1.54, 1.807) is 4.90 Å². The van der Waals surface area contributed by atoms with Crippen LogP contribution in [0.15, 0.2) is 0 Å². The highest BCUT2D eigenvalue weighted by atomic mass is 16.5. The number of ether oxygens (including phenoxy) is 1. The van der Waals surface area contributed by atoms with Crippen LogP contribution in [0.2, 0.25) is 0 Å². The first kappa shape index (κ1) is 13.8. The summed E-state index contributed by atoms with van der Waals surface area (Å²) in [6.45, 7) is 6.16. The minimum Gasteiger partial charge on any atom is -0.378 e. The first-order valence-electron chi connectivity index (χ1n) is 5.98. The third-order valence-corrected chi connectivity index (χ3v) is 3.10. The van der Waals surface area contributed by atoms with Crippen LogP contribution in [0, 0.1) is 5.92 Å². The summed E-state index contributed by atoms with van der Waals surface area (Å²) in [5.74, 6) is -0.000653. The molecule has 98 valence electrons. The molecule has 1 heterocycles. The highest BCUT2D eigenvalue weighted by Crippen LogP contribution is 2.12. The smallest absolute Gasteiger partial charge is 0.312 e. The van der Waals surface area contributed by atoms with E-state index in [4.69, 9.17) is 10.5 Å². The van der Waals surface area contributed by atoms with Gasteiger partial charge in [0.05, 0.1) is 13.2 Å². The van der Waals surface area contributed by atoms with Gasteiger partial charge >= 0.3 is 6.03 Å². The Labute approximate surface area is 101 Å². The van der Waals surface area contributed by atoms with Crippen LogP contribution in [-0.2, 0) is 9.53 Å². The van der Waals surface area contributed by atoms with Crippen LogP contribution in [0.5, 0.6) is 0 Å². The van der Waals surface area contributed by atoms with Gasteiger partial charge in [-0.1, -0.05) is 20.3 Å². The van der Waals surface area contributed by atoms with Crippen molar-refractivity contribution in [2.24, 2.45) is 11.7 Å². The molecule has 0 radical (unpaired) electrons. The van der Waals surface area contributed by atoms with E-state index in [0.717, 1.165) is 6.42 Å². The fraction of sp³-hybridized carbons (Fsp3) is 0.818. The Bertz CT molecular complexity index is 277. The average molecular weight is 243 g/mol. The summed E-state index contributed by atoms with van der Waals surface area (Å²) >= 11 is 0. The van der Waals surface area contributed by atoms with Crippen LogP contribution in [0.4, 0.5) is 4.79 Å². The number of carbonyl (C=O) groups excluding carboxylic acids is 2. The summed E-state index contributed by atoms with van der Waals surface area (Å²) in [7, 11) is 0. The van der Waals surface area contributed by atoms with Crippen molar-refractivity contribution in [1.29, 1.82) is 0 Å². The zero-order valence-electron chi connectivity index (χ0n) is 10.4. The quantitative estimate of drug-likeness (QED) is 0.724. The van der Waals surface area contributed by atoms with Crippen LogP contribution in [0.3, 0.4) is 0 Å². The number of primary amides is 1. The van der Waals surface area contributed by atoms with Crippen molar-refractivity contribution in [3.8, 4) is 0 Å². The lowest BCUT2D eigenvalue weighted by Gasteiger charge is -2.32. The van der Waals surface area contributed by atoms with E-state index in [2.05, 4.69) is 5.32 Å². The maximum Gasteiger partial charge on any atom is 0.312 e. The topological polar surface area (TPSA) is 84.7 Å². The summed E-state index contributed by atoms with van der Waals surface area (Å²) in [6, 6.07) is -1.19. The van der Waals surface area contributed by atoms with Gasteiger partial charge < -0.3 is 20.7 Å². The number of nitrogens with zero attached hydrogens (tertiary/aromatic N) is 1. The maximum atomic E-state index is 12.2. The molecule has 3 N–H and O–H groups in total. The Morgan fingerprint density at radius 1 is 1.41 bits per heavy atom. The molecule has 0 aliphatic carbocycles. The van der Waals surface area contributed by atoms with Gasteiger partial charge in [-0.05, 0) is 5.92 Å². The molecule has 0 aromatic heterocycles. The summed E-state index contributed by atoms with van der Waals surface area (Å²) in [5, 5.41) is 2.53. The molecule has 0 saturated carbocycles. The van der Waals surface area contributed by atoms with Crippen molar-refractivity contribution >= 4 is 11.9 Å².